The van der Waals surface area contributed by atoms with Gasteiger partial charge in [0, 0.05) is 38.3 Å². The van der Waals surface area contributed by atoms with Gasteiger partial charge in [0.25, 0.3) is 0 Å². The highest BCUT2D eigenvalue weighted by atomic mass is 19.1. The van der Waals surface area contributed by atoms with Crippen molar-refractivity contribution in [1.82, 2.24) is 4.90 Å². The highest BCUT2D eigenvalue weighted by Crippen LogP contribution is 2.29. The van der Waals surface area contributed by atoms with E-state index >= 15 is 0 Å². The average molecular weight is 320 g/mol. The molecule has 1 aromatic carbocycles. The van der Waals surface area contributed by atoms with Gasteiger partial charge >= 0.3 is 0 Å². The second kappa shape index (κ2) is 7.88. The van der Waals surface area contributed by atoms with Crippen LogP contribution in [0.15, 0.2) is 18.2 Å². The first kappa shape index (κ1) is 16.4. The number of hydrogen-bond donors (Lipinski definition) is 0. The van der Waals surface area contributed by atoms with Gasteiger partial charge in [0.05, 0.1) is 19.9 Å². The van der Waals surface area contributed by atoms with Gasteiger partial charge in [-0.1, -0.05) is 12.1 Å². The van der Waals surface area contributed by atoms with Gasteiger partial charge in [-0.15, -0.1) is 0 Å². The molecule has 0 aliphatic carbocycles. The summed E-state index contributed by atoms with van der Waals surface area (Å²) in [6, 6.07) is 6.27. The van der Waals surface area contributed by atoms with Crippen molar-refractivity contribution in [2.24, 2.45) is 0 Å². The number of aryl methyl sites for hydroxylation is 2. The van der Waals surface area contributed by atoms with Crippen molar-refractivity contribution in [1.29, 1.82) is 0 Å². The number of hydrogen-bond acceptors (Lipinski definition) is 3. The van der Waals surface area contributed by atoms with Crippen molar-refractivity contribution in [3.8, 4) is 0 Å². The van der Waals surface area contributed by atoms with Crippen LogP contribution in [0.5, 0.6) is 0 Å². The van der Waals surface area contributed by atoms with Gasteiger partial charge < -0.3 is 9.64 Å². The van der Waals surface area contributed by atoms with E-state index in [1.165, 1.54) is 5.56 Å². The second-order valence-corrected chi connectivity index (χ2v) is 6.25. The zero-order valence-electron chi connectivity index (χ0n) is 13.6. The van der Waals surface area contributed by atoms with Crippen molar-refractivity contribution < 1.29 is 13.9 Å². The molecule has 23 heavy (non-hydrogen) atoms. The van der Waals surface area contributed by atoms with Crippen molar-refractivity contribution >= 4 is 11.6 Å². The molecular formula is C18H25FN2O2. The smallest absolute Gasteiger partial charge is 0.227 e. The number of carbonyl (C=O) groups is 1. The fraction of sp³-hybridized carbons (Fsp3) is 0.611. The number of carbonyl (C=O) groups excluding carboxylic acids is 1. The molecule has 0 N–H and O–H groups in total. The summed E-state index contributed by atoms with van der Waals surface area (Å²) >= 11 is 0. The van der Waals surface area contributed by atoms with Crippen LogP contribution in [0.3, 0.4) is 0 Å². The first-order valence-corrected chi connectivity index (χ1v) is 8.56. The Morgan fingerprint density at radius 1 is 1.13 bits per heavy atom. The Kier molecular flexibility index (Phi) is 5.62. The Bertz CT molecular complexity index is 544. The Labute approximate surface area is 137 Å². The summed E-state index contributed by atoms with van der Waals surface area (Å²) in [5.41, 5.74) is 3.38. The summed E-state index contributed by atoms with van der Waals surface area (Å²) in [5.74, 6) is 0.202. The first-order chi connectivity index (χ1) is 11.3. The zero-order chi connectivity index (χ0) is 16.1. The van der Waals surface area contributed by atoms with E-state index in [9.17, 15) is 9.18 Å². The van der Waals surface area contributed by atoms with E-state index in [1.54, 1.807) is 0 Å². The minimum atomic E-state index is -0.295. The second-order valence-electron chi connectivity index (χ2n) is 6.25. The number of morpholine rings is 1. The standard InChI is InChI=1S/C18H25FN2O2/c19-7-1-2-15-3-4-16-5-6-18(22)21(17(16)14-15)9-8-20-10-12-23-13-11-20/h3-4,14H,1-2,5-13H2. The normalized spacial score (nSPS) is 19.0. The van der Waals surface area contributed by atoms with E-state index in [2.05, 4.69) is 23.1 Å². The molecule has 1 amide bonds. The molecule has 2 aliphatic rings. The van der Waals surface area contributed by atoms with Crippen LogP contribution >= 0.6 is 0 Å². The third-order valence-electron chi connectivity index (χ3n) is 4.69. The van der Waals surface area contributed by atoms with E-state index in [0.717, 1.165) is 63.5 Å². The molecule has 0 aromatic heterocycles. The fourth-order valence-corrected chi connectivity index (χ4v) is 3.32. The minimum absolute atomic E-state index is 0.202. The van der Waals surface area contributed by atoms with Gasteiger partial charge in [0.15, 0.2) is 0 Å². The molecular weight excluding hydrogens is 295 g/mol. The molecule has 1 aromatic rings. The Morgan fingerprint density at radius 2 is 1.96 bits per heavy atom. The maximum atomic E-state index is 12.4. The van der Waals surface area contributed by atoms with Crippen molar-refractivity contribution in [2.45, 2.75) is 25.7 Å². The predicted octanol–water partition coefficient (Wildman–Crippen LogP) is 2.20. The Balaban J connectivity index is 1.70. The lowest BCUT2D eigenvalue weighted by Gasteiger charge is -2.33. The summed E-state index contributed by atoms with van der Waals surface area (Å²) < 4.78 is 17.8. The van der Waals surface area contributed by atoms with Crippen LogP contribution in [0.2, 0.25) is 0 Å². The Hall–Kier alpha value is -1.46. The van der Waals surface area contributed by atoms with E-state index in [1.807, 2.05) is 4.90 Å². The molecule has 0 saturated carbocycles. The largest absolute Gasteiger partial charge is 0.379 e. The SMILES string of the molecule is O=C1CCc2ccc(CCCF)cc2N1CCN1CCOCC1. The molecule has 0 radical (unpaired) electrons. The van der Waals surface area contributed by atoms with Crippen LogP contribution in [0.1, 0.15) is 24.0 Å². The molecule has 2 aliphatic heterocycles. The van der Waals surface area contributed by atoms with Gasteiger partial charge in [-0.25, -0.2) is 0 Å². The third-order valence-corrected chi connectivity index (χ3v) is 4.69. The highest BCUT2D eigenvalue weighted by molar-refractivity contribution is 5.96. The lowest BCUT2D eigenvalue weighted by Crippen LogP contribution is -2.44. The van der Waals surface area contributed by atoms with Gasteiger partial charge in [-0.2, -0.15) is 0 Å². The quantitative estimate of drug-likeness (QED) is 0.805. The average Bonchev–Trinajstić information content (AvgIpc) is 2.60. The van der Waals surface area contributed by atoms with Crippen LogP contribution in [-0.2, 0) is 22.4 Å². The molecule has 126 valence electrons. The first-order valence-electron chi connectivity index (χ1n) is 8.56. The van der Waals surface area contributed by atoms with Crippen LogP contribution < -0.4 is 4.90 Å². The van der Waals surface area contributed by atoms with Gasteiger partial charge in [-0.3, -0.25) is 14.1 Å². The summed E-state index contributed by atoms with van der Waals surface area (Å²) in [7, 11) is 0. The van der Waals surface area contributed by atoms with Crippen molar-refractivity contribution in [3.63, 3.8) is 0 Å². The summed E-state index contributed by atoms with van der Waals surface area (Å²) in [6.45, 7) is 4.73. The topological polar surface area (TPSA) is 32.8 Å². The number of halogens is 1. The molecule has 3 rings (SSSR count). The predicted molar refractivity (Wildman–Crippen MR) is 88.7 cm³/mol. The number of fused-ring (bicyclic) bond motifs is 1. The maximum Gasteiger partial charge on any atom is 0.227 e. The fourth-order valence-electron chi connectivity index (χ4n) is 3.32. The molecule has 0 atom stereocenters. The van der Waals surface area contributed by atoms with Crippen molar-refractivity contribution in [3.05, 3.63) is 29.3 Å². The molecule has 1 saturated heterocycles. The van der Waals surface area contributed by atoms with Crippen LogP contribution in [0, 0.1) is 0 Å². The summed E-state index contributed by atoms with van der Waals surface area (Å²) in [6.07, 6.45) is 2.67. The highest BCUT2D eigenvalue weighted by Gasteiger charge is 2.25. The molecule has 0 bridgehead atoms. The molecule has 5 heteroatoms. The molecule has 2 heterocycles. The van der Waals surface area contributed by atoms with Gasteiger partial charge in [0.1, 0.15) is 0 Å². The van der Waals surface area contributed by atoms with E-state index in [-0.39, 0.29) is 12.6 Å². The van der Waals surface area contributed by atoms with Crippen molar-refractivity contribution in [2.75, 3.05) is 51.0 Å². The van der Waals surface area contributed by atoms with E-state index in [4.69, 9.17) is 4.74 Å². The maximum absolute atomic E-state index is 12.4. The number of anilines is 1. The molecule has 0 unspecified atom stereocenters. The van der Waals surface area contributed by atoms with Crippen LogP contribution in [0.4, 0.5) is 10.1 Å². The number of amides is 1. The molecule has 4 nitrogen and oxygen atoms in total. The number of alkyl halides is 1. The molecule has 1 fully saturated rings. The summed E-state index contributed by atoms with van der Waals surface area (Å²) in [4.78, 5) is 16.6. The number of ether oxygens (including phenoxy) is 1. The number of nitrogens with zero attached hydrogens (tertiary/aromatic N) is 2. The van der Waals surface area contributed by atoms with Crippen LogP contribution in [0.25, 0.3) is 0 Å². The monoisotopic (exact) mass is 320 g/mol. The van der Waals surface area contributed by atoms with Gasteiger partial charge in [0.2, 0.25) is 5.91 Å². The van der Waals surface area contributed by atoms with Gasteiger partial charge in [-0.05, 0) is 36.5 Å². The number of benzene rings is 1. The van der Waals surface area contributed by atoms with E-state index in [0.29, 0.717) is 12.8 Å². The lowest BCUT2D eigenvalue weighted by atomic mass is 9.97. The number of rotatable bonds is 6. The Morgan fingerprint density at radius 3 is 2.74 bits per heavy atom. The van der Waals surface area contributed by atoms with Crippen LogP contribution in [-0.4, -0.2) is 56.9 Å². The zero-order valence-corrected chi connectivity index (χ0v) is 13.6. The summed E-state index contributed by atoms with van der Waals surface area (Å²) in [5, 5.41) is 0. The third kappa shape index (κ3) is 4.09. The molecule has 0 spiro atoms. The lowest BCUT2D eigenvalue weighted by molar-refractivity contribution is -0.119. The van der Waals surface area contributed by atoms with E-state index < -0.39 is 0 Å². The minimum Gasteiger partial charge on any atom is -0.379 e.